The number of aliphatic hydroxyl groups is 4. The minimum Gasteiger partial charge on any atom is -0.394 e. The van der Waals surface area contributed by atoms with Gasteiger partial charge in [-0.25, -0.2) is 0 Å². The van der Waals surface area contributed by atoms with E-state index in [-0.39, 0.29) is 0 Å². The van der Waals surface area contributed by atoms with Crippen LogP contribution in [0.3, 0.4) is 0 Å². The van der Waals surface area contributed by atoms with Gasteiger partial charge in [-0.3, -0.25) is 4.79 Å². The average molecular weight is 640 g/mol. The number of hydrogen-bond acceptors (Lipinski definition) is 5. The summed E-state index contributed by atoms with van der Waals surface area (Å²) >= 11 is 0. The lowest BCUT2D eigenvalue weighted by Gasteiger charge is -2.27. The van der Waals surface area contributed by atoms with Gasteiger partial charge in [0.05, 0.1) is 18.8 Å². The van der Waals surface area contributed by atoms with Crippen LogP contribution in [-0.4, -0.2) is 57.3 Å². The molecule has 0 fully saturated rings. The van der Waals surface area contributed by atoms with Crippen molar-refractivity contribution in [3.63, 3.8) is 0 Å². The van der Waals surface area contributed by atoms with Gasteiger partial charge in [-0.1, -0.05) is 174 Å². The zero-order valence-electron chi connectivity index (χ0n) is 29.9. The van der Waals surface area contributed by atoms with E-state index in [2.05, 4.69) is 31.3 Å². The lowest BCUT2D eigenvalue weighted by atomic mass is 9.99. The molecule has 6 heteroatoms. The topological polar surface area (TPSA) is 110 Å². The Kier molecular flexibility index (Phi) is 33.7. The zero-order chi connectivity index (χ0) is 33.2. The Balaban J connectivity index is 3.78. The normalized spacial score (nSPS) is 14.5. The molecule has 268 valence electrons. The highest BCUT2D eigenvalue weighted by molar-refractivity contribution is 5.80. The summed E-state index contributed by atoms with van der Waals surface area (Å²) in [5.74, 6) is -0.589. The van der Waals surface area contributed by atoms with E-state index in [0.717, 1.165) is 44.9 Å². The Morgan fingerprint density at radius 2 is 0.889 bits per heavy atom. The van der Waals surface area contributed by atoms with Gasteiger partial charge >= 0.3 is 0 Å². The van der Waals surface area contributed by atoms with Crippen LogP contribution in [0.4, 0.5) is 0 Å². The Hall–Kier alpha value is -0.950. The molecule has 45 heavy (non-hydrogen) atoms. The van der Waals surface area contributed by atoms with Crippen LogP contribution in [0.5, 0.6) is 0 Å². The highest BCUT2D eigenvalue weighted by Gasteiger charge is 2.28. The molecular weight excluding hydrogens is 562 g/mol. The molecule has 0 saturated carbocycles. The summed E-state index contributed by atoms with van der Waals surface area (Å²) in [7, 11) is 0. The molecule has 0 aromatic rings. The van der Waals surface area contributed by atoms with Crippen molar-refractivity contribution in [3.8, 4) is 0 Å². The number of amides is 1. The summed E-state index contributed by atoms with van der Waals surface area (Å²) in [5, 5.41) is 43.4. The predicted molar refractivity (Wildman–Crippen MR) is 191 cm³/mol. The quantitative estimate of drug-likeness (QED) is 0.0350. The molecular formula is C39H77NO5. The molecule has 0 aromatic heterocycles. The van der Waals surface area contributed by atoms with E-state index >= 15 is 0 Å². The van der Waals surface area contributed by atoms with Gasteiger partial charge in [0.2, 0.25) is 5.91 Å². The van der Waals surface area contributed by atoms with Crippen molar-refractivity contribution in [1.82, 2.24) is 5.32 Å². The molecule has 0 heterocycles. The van der Waals surface area contributed by atoms with Crippen molar-refractivity contribution >= 4 is 5.91 Å². The first kappa shape index (κ1) is 44.0. The van der Waals surface area contributed by atoms with Crippen LogP contribution >= 0.6 is 0 Å². The molecule has 4 unspecified atom stereocenters. The number of carbonyl (C=O) groups excluding carboxylic acids is 1. The van der Waals surface area contributed by atoms with Crippen LogP contribution in [-0.2, 0) is 4.79 Å². The largest absolute Gasteiger partial charge is 0.394 e. The van der Waals surface area contributed by atoms with Crippen molar-refractivity contribution in [2.45, 2.75) is 224 Å². The van der Waals surface area contributed by atoms with Crippen molar-refractivity contribution in [2.24, 2.45) is 0 Å². The van der Waals surface area contributed by atoms with Gasteiger partial charge in [-0.15, -0.1) is 0 Å². The lowest BCUT2D eigenvalue weighted by Crippen LogP contribution is -2.53. The van der Waals surface area contributed by atoms with Crippen molar-refractivity contribution < 1.29 is 25.2 Å². The Morgan fingerprint density at radius 1 is 0.533 bits per heavy atom. The zero-order valence-corrected chi connectivity index (χ0v) is 29.9. The molecule has 0 spiro atoms. The number of hydrogen-bond donors (Lipinski definition) is 5. The van der Waals surface area contributed by atoms with Crippen LogP contribution in [0.1, 0.15) is 200 Å². The molecule has 0 aromatic carbocycles. The first-order valence-electron chi connectivity index (χ1n) is 19.6. The van der Waals surface area contributed by atoms with Gasteiger partial charge in [-0.2, -0.15) is 0 Å². The SMILES string of the molecule is CCCCCCCCCC/C=C\CCCCCCCCC(O)C(=O)NC(CO)C(O)C(O)CCCCCCCCCCCCC. The highest BCUT2D eigenvalue weighted by Crippen LogP contribution is 2.16. The molecule has 4 atom stereocenters. The highest BCUT2D eigenvalue weighted by atomic mass is 16.3. The molecule has 0 radical (unpaired) electrons. The third kappa shape index (κ3) is 29.0. The maximum Gasteiger partial charge on any atom is 0.249 e. The fraction of sp³-hybridized carbons (Fsp3) is 0.923. The van der Waals surface area contributed by atoms with Crippen molar-refractivity contribution in [3.05, 3.63) is 12.2 Å². The summed E-state index contributed by atoms with van der Waals surface area (Å²) in [6.45, 7) is 4.02. The van der Waals surface area contributed by atoms with E-state index in [1.165, 1.54) is 128 Å². The van der Waals surface area contributed by atoms with E-state index in [4.69, 9.17) is 0 Å². The first-order valence-corrected chi connectivity index (χ1v) is 19.6. The van der Waals surface area contributed by atoms with Gasteiger partial charge in [0, 0.05) is 0 Å². The molecule has 1 amide bonds. The summed E-state index contributed by atoms with van der Waals surface area (Å²) in [5.41, 5.74) is 0. The van der Waals surface area contributed by atoms with E-state index in [0.29, 0.717) is 12.8 Å². The first-order chi connectivity index (χ1) is 22.0. The Morgan fingerprint density at radius 3 is 1.29 bits per heavy atom. The summed E-state index contributed by atoms with van der Waals surface area (Å²) in [4.78, 5) is 12.4. The van der Waals surface area contributed by atoms with E-state index in [1.807, 2.05) is 0 Å². The summed E-state index contributed by atoms with van der Waals surface area (Å²) in [6, 6.07) is -0.982. The van der Waals surface area contributed by atoms with E-state index in [1.54, 1.807) is 0 Å². The van der Waals surface area contributed by atoms with Crippen LogP contribution < -0.4 is 5.32 Å². The molecule has 0 aliphatic heterocycles. The fourth-order valence-electron chi connectivity index (χ4n) is 6.04. The number of allylic oxidation sites excluding steroid dienone is 2. The maximum absolute atomic E-state index is 12.4. The maximum atomic E-state index is 12.4. The summed E-state index contributed by atoms with van der Waals surface area (Å²) in [6.07, 6.45) is 35.2. The number of aliphatic hydroxyl groups excluding tert-OH is 4. The van der Waals surface area contributed by atoms with Gasteiger partial charge in [0.15, 0.2) is 0 Å². The minimum absolute atomic E-state index is 0.364. The minimum atomic E-state index is -1.26. The molecule has 0 aliphatic rings. The second kappa shape index (κ2) is 34.4. The average Bonchev–Trinajstić information content (AvgIpc) is 3.04. The standard InChI is InChI=1S/C39H77NO5/c1-3-5-7-9-11-13-15-16-17-18-19-20-21-23-25-27-29-31-33-37(43)39(45)40-35(34-41)38(44)36(42)32-30-28-26-24-22-14-12-10-8-6-4-2/h18-19,35-38,41-44H,3-17,20-34H2,1-2H3,(H,40,45)/b19-18-. The third-order valence-electron chi connectivity index (χ3n) is 9.23. The van der Waals surface area contributed by atoms with Gasteiger partial charge in [0.1, 0.15) is 12.2 Å². The monoisotopic (exact) mass is 640 g/mol. The third-order valence-corrected chi connectivity index (χ3v) is 9.23. The van der Waals surface area contributed by atoms with Gasteiger partial charge < -0.3 is 25.7 Å². The number of rotatable bonds is 35. The van der Waals surface area contributed by atoms with Crippen LogP contribution in [0.25, 0.3) is 0 Å². The number of nitrogens with one attached hydrogen (secondary N) is 1. The van der Waals surface area contributed by atoms with Crippen molar-refractivity contribution in [1.29, 1.82) is 0 Å². The molecule has 0 bridgehead atoms. The van der Waals surface area contributed by atoms with Gasteiger partial charge in [0.25, 0.3) is 0 Å². The molecule has 0 aliphatic carbocycles. The molecule has 0 rings (SSSR count). The second-order valence-corrected chi connectivity index (χ2v) is 13.6. The predicted octanol–water partition coefficient (Wildman–Crippen LogP) is 9.46. The van der Waals surface area contributed by atoms with Gasteiger partial charge in [-0.05, 0) is 38.5 Å². The fourth-order valence-corrected chi connectivity index (χ4v) is 6.04. The van der Waals surface area contributed by atoms with Crippen LogP contribution in [0.15, 0.2) is 12.2 Å². The smallest absolute Gasteiger partial charge is 0.249 e. The second-order valence-electron chi connectivity index (χ2n) is 13.6. The van der Waals surface area contributed by atoms with Crippen LogP contribution in [0.2, 0.25) is 0 Å². The lowest BCUT2D eigenvalue weighted by molar-refractivity contribution is -0.132. The van der Waals surface area contributed by atoms with E-state index < -0.39 is 36.9 Å². The number of carbonyl (C=O) groups is 1. The Labute approximate surface area is 279 Å². The number of unbranched alkanes of at least 4 members (excludes halogenated alkanes) is 24. The summed E-state index contributed by atoms with van der Waals surface area (Å²) < 4.78 is 0. The molecule has 6 nitrogen and oxygen atoms in total. The molecule has 5 N–H and O–H groups in total. The van der Waals surface area contributed by atoms with Crippen molar-refractivity contribution in [2.75, 3.05) is 6.61 Å². The van der Waals surface area contributed by atoms with Crippen LogP contribution in [0, 0.1) is 0 Å². The molecule has 0 saturated heterocycles. The Bertz CT molecular complexity index is 643. The van der Waals surface area contributed by atoms with E-state index in [9.17, 15) is 25.2 Å².